The molecule has 178 valence electrons. The minimum absolute atomic E-state index is 0.00612. The van der Waals surface area contributed by atoms with Crippen molar-refractivity contribution in [1.82, 2.24) is 15.3 Å². The molecular formula is C24H25F2N5O3. The van der Waals surface area contributed by atoms with E-state index in [4.69, 9.17) is 5.73 Å². The van der Waals surface area contributed by atoms with Crippen LogP contribution in [0.4, 0.5) is 20.3 Å². The number of hydrogen-bond donors (Lipinski definition) is 4. The first-order valence-corrected chi connectivity index (χ1v) is 10.6. The predicted octanol–water partition coefficient (Wildman–Crippen LogP) is 3.38. The van der Waals surface area contributed by atoms with Crippen LogP contribution in [0.15, 0.2) is 42.6 Å². The summed E-state index contributed by atoms with van der Waals surface area (Å²) >= 11 is 0. The highest BCUT2D eigenvalue weighted by molar-refractivity contribution is 5.97. The lowest BCUT2D eigenvalue weighted by atomic mass is 10.0. The minimum atomic E-state index is -1.76. The molecule has 1 atom stereocenters. The van der Waals surface area contributed by atoms with E-state index in [-0.39, 0.29) is 23.1 Å². The lowest BCUT2D eigenvalue weighted by molar-refractivity contribution is -0.124. The van der Waals surface area contributed by atoms with Crippen molar-refractivity contribution < 1.29 is 23.5 Å². The zero-order chi connectivity index (χ0) is 25.0. The van der Waals surface area contributed by atoms with Crippen molar-refractivity contribution >= 4 is 23.3 Å². The van der Waals surface area contributed by atoms with Crippen molar-refractivity contribution in [3.8, 4) is 11.3 Å². The Kier molecular flexibility index (Phi) is 7.52. The average molecular weight is 469 g/mol. The molecule has 10 heteroatoms. The second-order valence-electron chi connectivity index (χ2n) is 7.94. The highest BCUT2D eigenvalue weighted by Crippen LogP contribution is 2.27. The lowest BCUT2D eigenvalue weighted by Crippen LogP contribution is -2.31. The molecule has 1 aromatic heterocycles. The molecule has 34 heavy (non-hydrogen) atoms. The number of hydrogen-bond acceptors (Lipinski definition) is 6. The van der Waals surface area contributed by atoms with Gasteiger partial charge in [-0.25, -0.2) is 18.7 Å². The maximum atomic E-state index is 13.4. The van der Waals surface area contributed by atoms with Crippen LogP contribution in [0.5, 0.6) is 0 Å². The van der Waals surface area contributed by atoms with Crippen LogP contribution in [0.1, 0.15) is 48.5 Å². The molecule has 0 spiro atoms. The number of anilines is 2. The van der Waals surface area contributed by atoms with E-state index < -0.39 is 29.6 Å². The summed E-state index contributed by atoms with van der Waals surface area (Å²) in [5.41, 5.74) is 7.89. The first-order valence-electron chi connectivity index (χ1n) is 10.6. The summed E-state index contributed by atoms with van der Waals surface area (Å²) in [4.78, 5) is 33.3. The van der Waals surface area contributed by atoms with Gasteiger partial charge in [-0.15, -0.1) is 0 Å². The number of halogens is 2. The number of aliphatic hydroxyl groups excluding tert-OH is 1. The number of amides is 2. The molecule has 2 aromatic carbocycles. The number of carbonyl (C=O) groups is 2. The summed E-state index contributed by atoms with van der Waals surface area (Å²) in [6.07, 6.45) is 0.243. The van der Waals surface area contributed by atoms with E-state index in [1.165, 1.54) is 6.20 Å². The number of nitrogens with one attached hydrogen (secondary N) is 2. The van der Waals surface area contributed by atoms with Gasteiger partial charge in [0, 0.05) is 23.4 Å². The molecule has 1 heterocycles. The molecule has 0 aliphatic carbocycles. The summed E-state index contributed by atoms with van der Waals surface area (Å²) in [6.45, 7) is 5.52. The Balaban J connectivity index is 1.86. The Morgan fingerprint density at radius 3 is 2.41 bits per heavy atom. The van der Waals surface area contributed by atoms with E-state index in [9.17, 15) is 23.5 Å². The van der Waals surface area contributed by atoms with Crippen LogP contribution in [-0.2, 0) is 11.2 Å². The quantitative estimate of drug-likeness (QED) is 0.420. The monoisotopic (exact) mass is 469 g/mol. The number of nitrogens with zero attached hydrogens (tertiary/aromatic N) is 2. The summed E-state index contributed by atoms with van der Waals surface area (Å²) in [6, 6.07) is 7.27. The molecule has 0 aliphatic rings. The predicted molar refractivity (Wildman–Crippen MR) is 124 cm³/mol. The molecule has 8 nitrogen and oxygen atoms in total. The summed E-state index contributed by atoms with van der Waals surface area (Å²) in [7, 11) is 0. The number of nitrogen functional groups attached to an aromatic ring is 1. The SMILES string of the molecule is CCc1cc(NC(=O)[C@@H](O)c2cc(F)cc(F)c2)ccc1-c1cnc(N)c(C(=O)NC(C)C)n1. The highest BCUT2D eigenvalue weighted by Gasteiger charge is 2.20. The van der Waals surface area contributed by atoms with Crippen LogP contribution in [0.2, 0.25) is 0 Å². The average Bonchev–Trinajstić information content (AvgIpc) is 2.77. The van der Waals surface area contributed by atoms with Gasteiger partial charge < -0.3 is 21.5 Å². The molecule has 3 rings (SSSR count). The second kappa shape index (κ2) is 10.3. The molecule has 0 bridgehead atoms. The summed E-state index contributed by atoms with van der Waals surface area (Å²) in [5.74, 6) is -3.08. The standard InChI is InChI=1S/C24H25F2N5O3/c1-4-13-9-17(30-24(34)21(32)14-7-15(25)10-16(26)8-14)5-6-18(13)19-11-28-22(27)20(31-19)23(33)29-12(2)3/h5-12,21,32H,4H2,1-3H3,(H2,27,28)(H,29,33)(H,30,34)/t21-/m0/s1. The van der Waals surface area contributed by atoms with Gasteiger partial charge in [-0.1, -0.05) is 13.0 Å². The topological polar surface area (TPSA) is 130 Å². The van der Waals surface area contributed by atoms with E-state index in [0.29, 0.717) is 29.4 Å². The number of aliphatic hydroxyl groups is 1. The Hall–Kier alpha value is -3.92. The van der Waals surface area contributed by atoms with Crippen molar-refractivity contribution in [2.45, 2.75) is 39.3 Å². The molecule has 2 amide bonds. The smallest absolute Gasteiger partial charge is 0.273 e. The fourth-order valence-corrected chi connectivity index (χ4v) is 3.33. The normalized spacial score (nSPS) is 11.9. The van der Waals surface area contributed by atoms with Gasteiger partial charge >= 0.3 is 0 Å². The van der Waals surface area contributed by atoms with E-state index in [2.05, 4.69) is 20.6 Å². The van der Waals surface area contributed by atoms with Gasteiger partial charge in [0.05, 0.1) is 11.9 Å². The number of carbonyl (C=O) groups excluding carboxylic acids is 2. The van der Waals surface area contributed by atoms with Crippen LogP contribution >= 0.6 is 0 Å². The van der Waals surface area contributed by atoms with Gasteiger partial charge in [-0.3, -0.25) is 9.59 Å². The molecule has 5 N–H and O–H groups in total. The van der Waals surface area contributed by atoms with Gasteiger partial charge in [0.2, 0.25) is 0 Å². The van der Waals surface area contributed by atoms with Crippen molar-refractivity contribution in [2.75, 3.05) is 11.1 Å². The molecule has 0 radical (unpaired) electrons. The van der Waals surface area contributed by atoms with Crippen LogP contribution in [0, 0.1) is 11.6 Å². The second-order valence-corrected chi connectivity index (χ2v) is 7.94. The maximum absolute atomic E-state index is 13.4. The van der Waals surface area contributed by atoms with Crippen molar-refractivity contribution in [2.24, 2.45) is 0 Å². The third-order valence-electron chi connectivity index (χ3n) is 4.91. The Morgan fingerprint density at radius 1 is 1.12 bits per heavy atom. The van der Waals surface area contributed by atoms with E-state index >= 15 is 0 Å². The lowest BCUT2D eigenvalue weighted by Gasteiger charge is -2.15. The fraction of sp³-hybridized carbons (Fsp3) is 0.250. The van der Waals surface area contributed by atoms with Crippen molar-refractivity contribution in [3.63, 3.8) is 0 Å². The third-order valence-corrected chi connectivity index (χ3v) is 4.91. The minimum Gasteiger partial charge on any atom is -0.382 e. The van der Waals surface area contributed by atoms with E-state index in [1.54, 1.807) is 18.2 Å². The van der Waals surface area contributed by atoms with Crippen molar-refractivity contribution in [1.29, 1.82) is 0 Å². The number of rotatable bonds is 7. The van der Waals surface area contributed by atoms with Gasteiger partial charge in [0.1, 0.15) is 11.6 Å². The molecule has 0 aliphatic heterocycles. The molecule has 0 saturated carbocycles. The van der Waals surface area contributed by atoms with Crippen LogP contribution in [0.25, 0.3) is 11.3 Å². The first-order chi connectivity index (χ1) is 16.1. The first kappa shape index (κ1) is 24.7. The zero-order valence-corrected chi connectivity index (χ0v) is 18.9. The van der Waals surface area contributed by atoms with Gasteiger partial charge in [-0.05, 0) is 55.7 Å². The van der Waals surface area contributed by atoms with E-state index in [1.807, 2.05) is 20.8 Å². The van der Waals surface area contributed by atoms with Gasteiger partial charge in [-0.2, -0.15) is 0 Å². The maximum Gasteiger partial charge on any atom is 0.273 e. The van der Waals surface area contributed by atoms with E-state index in [0.717, 1.165) is 17.7 Å². The molecule has 0 unspecified atom stereocenters. The fourth-order valence-electron chi connectivity index (χ4n) is 3.33. The molecular weight excluding hydrogens is 444 g/mol. The van der Waals surface area contributed by atoms with Gasteiger partial charge in [0.15, 0.2) is 17.6 Å². The Labute approximate surface area is 195 Å². The zero-order valence-electron chi connectivity index (χ0n) is 18.9. The van der Waals surface area contributed by atoms with Crippen molar-refractivity contribution in [3.05, 3.63) is 71.1 Å². The highest BCUT2D eigenvalue weighted by atomic mass is 19.1. The summed E-state index contributed by atoms with van der Waals surface area (Å²) in [5, 5.41) is 15.5. The number of aryl methyl sites for hydroxylation is 1. The number of benzene rings is 2. The molecule has 3 aromatic rings. The molecule has 0 fully saturated rings. The third kappa shape index (κ3) is 5.70. The van der Waals surface area contributed by atoms with Crippen LogP contribution in [-0.4, -0.2) is 32.9 Å². The van der Waals surface area contributed by atoms with Crippen LogP contribution in [0.3, 0.4) is 0 Å². The molecule has 0 saturated heterocycles. The Morgan fingerprint density at radius 2 is 1.79 bits per heavy atom. The number of aromatic nitrogens is 2. The van der Waals surface area contributed by atoms with Gasteiger partial charge in [0.25, 0.3) is 11.8 Å². The largest absolute Gasteiger partial charge is 0.382 e. The number of nitrogens with two attached hydrogens (primary N) is 1. The summed E-state index contributed by atoms with van der Waals surface area (Å²) < 4.78 is 26.8. The van der Waals surface area contributed by atoms with Crippen LogP contribution < -0.4 is 16.4 Å². The Bertz CT molecular complexity index is 1210.